The molecule has 0 aliphatic rings. The maximum Gasteiger partial charge on any atom is 0.0463 e. The van der Waals surface area contributed by atoms with Crippen molar-refractivity contribution < 1.29 is 0 Å². The summed E-state index contributed by atoms with van der Waals surface area (Å²) in [6, 6.07) is 3.92. The zero-order valence-corrected chi connectivity index (χ0v) is 10.4. The van der Waals surface area contributed by atoms with Crippen LogP contribution in [-0.4, -0.2) is 10.7 Å². The summed E-state index contributed by atoms with van der Waals surface area (Å²) in [6.45, 7) is 11.9. The summed E-state index contributed by atoms with van der Waals surface area (Å²) in [6.07, 6.45) is 3.58. The van der Waals surface area contributed by atoms with Gasteiger partial charge in [-0.2, -0.15) is 0 Å². The van der Waals surface area contributed by atoms with Crippen LogP contribution in [0, 0.1) is 0 Å². The van der Waals surface area contributed by atoms with Crippen LogP contribution in [0.3, 0.4) is 0 Å². The van der Waals surface area contributed by atoms with Crippen LogP contribution < -0.4 is 0 Å². The van der Waals surface area contributed by atoms with Gasteiger partial charge in [-0.1, -0.05) is 18.2 Å². The maximum absolute atomic E-state index is 4.56. The van der Waals surface area contributed by atoms with Crippen LogP contribution in [-0.2, 0) is 0 Å². The molecule has 0 radical (unpaired) electrons. The second kappa shape index (κ2) is 5.40. The first-order valence-corrected chi connectivity index (χ1v) is 5.31. The molecule has 0 aromatic carbocycles. The molecule has 1 aromatic rings. The number of hydrogen-bond donors (Lipinski definition) is 0. The van der Waals surface area contributed by atoms with Gasteiger partial charge < -0.3 is 0 Å². The van der Waals surface area contributed by atoms with E-state index in [0.29, 0.717) is 0 Å². The molecule has 84 valence electrons. The van der Waals surface area contributed by atoms with E-state index in [4.69, 9.17) is 0 Å². The van der Waals surface area contributed by atoms with Crippen LogP contribution in [0.25, 0.3) is 0 Å². The minimum absolute atomic E-state index is 0.978. The molecule has 1 aromatic heterocycles. The van der Waals surface area contributed by atoms with Gasteiger partial charge in [0.1, 0.15) is 0 Å². The Morgan fingerprint density at radius 2 is 1.94 bits per heavy atom. The van der Waals surface area contributed by atoms with Gasteiger partial charge in [0, 0.05) is 29.4 Å². The third-order valence-electron chi connectivity index (χ3n) is 2.60. The molecular formula is C14H18N2. The normalized spacial score (nSPS) is 13.4. The quantitative estimate of drug-likeness (QED) is 0.555. The van der Waals surface area contributed by atoms with Crippen LogP contribution in [0.4, 0.5) is 0 Å². The van der Waals surface area contributed by atoms with Crippen molar-refractivity contribution in [3.05, 3.63) is 53.5 Å². The number of allylic oxidation sites excluding steroid dienone is 3. The molecule has 0 unspecified atom stereocenters. The van der Waals surface area contributed by atoms with Gasteiger partial charge in [-0.15, -0.1) is 0 Å². The molecule has 0 aliphatic carbocycles. The van der Waals surface area contributed by atoms with Crippen LogP contribution in [0.5, 0.6) is 0 Å². The second-order valence-corrected chi connectivity index (χ2v) is 3.93. The molecule has 0 fully saturated rings. The molecule has 2 heteroatoms. The Hall–Kier alpha value is -1.70. The minimum atomic E-state index is 0.978. The van der Waals surface area contributed by atoms with Gasteiger partial charge in [-0.3, -0.25) is 9.98 Å². The van der Waals surface area contributed by atoms with Gasteiger partial charge in [0.15, 0.2) is 0 Å². The topological polar surface area (TPSA) is 25.2 Å². The van der Waals surface area contributed by atoms with Crippen molar-refractivity contribution in [1.82, 2.24) is 4.98 Å². The van der Waals surface area contributed by atoms with Gasteiger partial charge in [-0.25, -0.2) is 0 Å². The molecule has 0 saturated heterocycles. The number of rotatable bonds is 3. The Balaban J connectivity index is 3.03. The van der Waals surface area contributed by atoms with E-state index in [1.807, 2.05) is 46.0 Å². The molecule has 2 nitrogen and oxygen atoms in total. The average Bonchev–Trinajstić information content (AvgIpc) is 2.28. The van der Waals surface area contributed by atoms with Crippen molar-refractivity contribution in [2.75, 3.05) is 0 Å². The van der Waals surface area contributed by atoms with E-state index >= 15 is 0 Å². The Bertz CT molecular complexity index is 439. The van der Waals surface area contributed by atoms with Crippen LogP contribution in [0.1, 0.15) is 33.3 Å². The zero-order chi connectivity index (χ0) is 12.1. The molecule has 0 amide bonds. The van der Waals surface area contributed by atoms with Gasteiger partial charge >= 0.3 is 0 Å². The van der Waals surface area contributed by atoms with Crippen molar-refractivity contribution in [2.24, 2.45) is 4.99 Å². The van der Waals surface area contributed by atoms with Crippen molar-refractivity contribution in [3.63, 3.8) is 0 Å². The zero-order valence-electron chi connectivity index (χ0n) is 10.4. The summed E-state index contributed by atoms with van der Waals surface area (Å²) in [5.41, 5.74) is 5.24. The molecular weight excluding hydrogens is 196 g/mol. The molecule has 0 bridgehead atoms. The lowest BCUT2D eigenvalue weighted by Crippen LogP contribution is -1.96. The van der Waals surface area contributed by atoms with Crippen molar-refractivity contribution in [3.8, 4) is 0 Å². The average molecular weight is 214 g/mol. The van der Waals surface area contributed by atoms with Gasteiger partial charge in [-0.05, 0) is 39.3 Å². The van der Waals surface area contributed by atoms with Gasteiger partial charge in [0.25, 0.3) is 0 Å². The fourth-order valence-electron chi connectivity index (χ4n) is 1.29. The molecule has 1 heterocycles. The van der Waals surface area contributed by atoms with Crippen LogP contribution in [0.15, 0.2) is 52.9 Å². The van der Waals surface area contributed by atoms with E-state index < -0.39 is 0 Å². The highest BCUT2D eigenvalue weighted by molar-refractivity contribution is 5.99. The fraction of sp³-hybridized carbons (Fsp3) is 0.286. The highest BCUT2D eigenvalue weighted by atomic mass is 14.8. The Morgan fingerprint density at radius 1 is 1.25 bits per heavy atom. The first kappa shape index (κ1) is 12.4. The Labute approximate surface area is 97.5 Å². The third-order valence-corrected chi connectivity index (χ3v) is 2.60. The highest BCUT2D eigenvalue weighted by Crippen LogP contribution is 2.14. The maximum atomic E-state index is 4.56. The van der Waals surface area contributed by atoms with E-state index in [1.54, 1.807) is 6.20 Å². The Morgan fingerprint density at radius 3 is 2.44 bits per heavy atom. The lowest BCUT2D eigenvalue weighted by molar-refractivity contribution is 1.18. The summed E-state index contributed by atoms with van der Waals surface area (Å²) in [5.74, 6) is 0. The summed E-state index contributed by atoms with van der Waals surface area (Å²) in [5, 5.41) is 0. The minimum Gasteiger partial charge on any atom is -0.264 e. The SMILES string of the molecule is C=C(C)/C(C)=C(\C)N=C(C)c1cccnc1. The summed E-state index contributed by atoms with van der Waals surface area (Å²) >= 11 is 0. The van der Waals surface area contributed by atoms with Crippen molar-refractivity contribution in [2.45, 2.75) is 27.7 Å². The number of aliphatic imine (C=N–C) groups is 1. The standard InChI is InChI=1S/C14H18N2/c1-10(2)11(3)12(4)16-13(5)14-7-6-8-15-9-14/h6-9H,1H2,2-5H3/b12-11+,16-13?. The summed E-state index contributed by atoms with van der Waals surface area (Å²) in [4.78, 5) is 8.64. The van der Waals surface area contributed by atoms with Gasteiger partial charge in [0.2, 0.25) is 0 Å². The summed E-state index contributed by atoms with van der Waals surface area (Å²) < 4.78 is 0. The fourth-order valence-corrected chi connectivity index (χ4v) is 1.29. The monoisotopic (exact) mass is 214 g/mol. The van der Waals surface area contributed by atoms with Crippen molar-refractivity contribution in [1.29, 1.82) is 0 Å². The molecule has 16 heavy (non-hydrogen) atoms. The second-order valence-electron chi connectivity index (χ2n) is 3.93. The molecule has 0 saturated carbocycles. The smallest absolute Gasteiger partial charge is 0.0463 e. The van der Waals surface area contributed by atoms with E-state index in [1.165, 1.54) is 0 Å². The molecule has 0 aliphatic heterocycles. The largest absolute Gasteiger partial charge is 0.264 e. The predicted molar refractivity (Wildman–Crippen MR) is 69.6 cm³/mol. The molecule has 0 N–H and O–H groups in total. The molecule has 0 spiro atoms. The van der Waals surface area contributed by atoms with E-state index in [-0.39, 0.29) is 0 Å². The molecule has 0 atom stereocenters. The van der Waals surface area contributed by atoms with E-state index in [9.17, 15) is 0 Å². The lowest BCUT2D eigenvalue weighted by atomic mass is 10.1. The lowest BCUT2D eigenvalue weighted by Gasteiger charge is -2.05. The van der Waals surface area contributed by atoms with E-state index in [2.05, 4.69) is 16.6 Å². The first-order chi connectivity index (χ1) is 7.52. The number of hydrogen-bond acceptors (Lipinski definition) is 2. The predicted octanol–water partition coefficient (Wildman–Crippen LogP) is 3.76. The van der Waals surface area contributed by atoms with E-state index in [0.717, 1.165) is 28.1 Å². The highest BCUT2D eigenvalue weighted by Gasteiger charge is 1.99. The number of pyridine rings is 1. The van der Waals surface area contributed by atoms with Crippen LogP contribution >= 0.6 is 0 Å². The summed E-state index contributed by atoms with van der Waals surface area (Å²) in [7, 11) is 0. The Kier molecular flexibility index (Phi) is 4.18. The first-order valence-electron chi connectivity index (χ1n) is 5.31. The third kappa shape index (κ3) is 3.16. The number of nitrogens with zero attached hydrogens (tertiary/aromatic N) is 2. The van der Waals surface area contributed by atoms with Gasteiger partial charge in [0.05, 0.1) is 0 Å². The molecule has 1 rings (SSSR count). The van der Waals surface area contributed by atoms with Crippen LogP contribution in [0.2, 0.25) is 0 Å². The van der Waals surface area contributed by atoms with Crippen molar-refractivity contribution >= 4 is 5.71 Å². The number of aromatic nitrogens is 1.